The van der Waals surface area contributed by atoms with E-state index in [1.165, 1.54) is 4.57 Å². The Balaban J connectivity index is 2.45. The average Bonchev–Trinajstić information content (AvgIpc) is 2.64. The van der Waals surface area contributed by atoms with Crippen LogP contribution in [0.5, 0.6) is 5.88 Å². The number of nitrogens with zero attached hydrogens (tertiary/aromatic N) is 4. The Labute approximate surface area is 163 Å². The molecule has 2 rings (SSSR count). The molecule has 1 aromatic heterocycles. The molecule has 0 aliphatic heterocycles. The van der Waals surface area contributed by atoms with Gasteiger partial charge in [-0.15, -0.1) is 5.11 Å². The van der Waals surface area contributed by atoms with E-state index in [1.807, 2.05) is 19.1 Å². The van der Waals surface area contributed by atoms with Crippen molar-refractivity contribution in [3.05, 3.63) is 50.3 Å². The molecule has 27 heavy (non-hydrogen) atoms. The van der Waals surface area contributed by atoms with E-state index in [4.69, 9.17) is 11.6 Å². The van der Waals surface area contributed by atoms with E-state index in [-0.39, 0.29) is 17.1 Å². The molecule has 0 aliphatic rings. The van der Waals surface area contributed by atoms with Gasteiger partial charge in [-0.25, -0.2) is 0 Å². The summed E-state index contributed by atoms with van der Waals surface area (Å²) < 4.78 is 1.21. The second-order valence-corrected chi connectivity index (χ2v) is 6.84. The maximum absolute atomic E-state index is 12.8. The van der Waals surface area contributed by atoms with E-state index in [9.17, 15) is 15.2 Å². The quantitative estimate of drug-likeness (QED) is 0.489. The number of azo groups is 1. The molecule has 0 atom stereocenters. The van der Waals surface area contributed by atoms with Gasteiger partial charge in [-0.2, -0.15) is 10.4 Å². The Morgan fingerprint density at radius 2 is 1.96 bits per heavy atom. The van der Waals surface area contributed by atoms with Crippen molar-refractivity contribution in [3.8, 4) is 11.9 Å². The zero-order chi connectivity index (χ0) is 20.0. The first-order valence-electron chi connectivity index (χ1n) is 8.95. The first-order valence-corrected chi connectivity index (χ1v) is 9.32. The Morgan fingerprint density at radius 3 is 2.59 bits per heavy atom. The van der Waals surface area contributed by atoms with E-state index in [1.54, 1.807) is 19.1 Å². The van der Waals surface area contributed by atoms with Crippen LogP contribution >= 0.6 is 11.6 Å². The predicted molar refractivity (Wildman–Crippen MR) is 106 cm³/mol. The zero-order valence-electron chi connectivity index (χ0n) is 15.8. The molecule has 0 radical (unpaired) electrons. The summed E-state index contributed by atoms with van der Waals surface area (Å²) in [5, 5.41) is 28.4. The maximum Gasteiger partial charge on any atom is 0.281 e. The number of rotatable bonds is 7. The number of nitriles is 1. The maximum atomic E-state index is 12.8. The number of unbranched alkanes of at least 4 members (excludes halogenated alkanes) is 3. The molecular weight excluding hydrogens is 364 g/mol. The van der Waals surface area contributed by atoms with Crippen LogP contribution in [0.15, 0.2) is 33.2 Å². The summed E-state index contributed by atoms with van der Waals surface area (Å²) in [5.74, 6) is -0.311. The molecule has 0 fully saturated rings. The molecule has 0 spiro atoms. The van der Waals surface area contributed by atoms with Crippen molar-refractivity contribution in [1.29, 1.82) is 5.26 Å². The van der Waals surface area contributed by atoms with Crippen LogP contribution in [0.2, 0.25) is 5.02 Å². The predicted octanol–water partition coefficient (Wildman–Crippen LogP) is 5.69. The molecule has 0 bridgehead atoms. The fourth-order valence-electron chi connectivity index (χ4n) is 2.71. The van der Waals surface area contributed by atoms with Gasteiger partial charge in [0.1, 0.15) is 11.6 Å². The van der Waals surface area contributed by atoms with E-state index < -0.39 is 5.56 Å². The van der Waals surface area contributed by atoms with Crippen LogP contribution in [0.1, 0.15) is 49.3 Å². The molecule has 1 aromatic carbocycles. The lowest BCUT2D eigenvalue weighted by Crippen LogP contribution is -2.22. The summed E-state index contributed by atoms with van der Waals surface area (Å²) in [6.45, 7) is 5.89. The summed E-state index contributed by atoms with van der Waals surface area (Å²) >= 11 is 6.09. The fourth-order valence-corrected chi connectivity index (χ4v) is 2.89. The van der Waals surface area contributed by atoms with Gasteiger partial charge in [-0.05, 0) is 38.0 Å². The van der Waals surface area contributed by atoms with Gasteiger partial charge in [0.15, 0.2) is 5.69 Å². The van der Waals surface area contributed by atoms with Crippen LogP contribution in [0, 0.1) is 25.2 Å². The van der Waals surface area contributed by atoms with Crippen molar-refractivity contribution in [2.75, 3.05) is 0 Å². The van der Waals surface area contributed by atoms with Crippen LogP contribution in [0.25, 0.3) is 0 Å². The summed E-state index contributed by atoms with van der Waals surface area (Å²) in [6.07, 6.45) is 3.79. The Kier molecular flexibility index (Phi) is 7.14. The minimum atomic E-state index is -0.456. The summed E-state index contributed by atoms with van der Waals surface area (Å²) in [5.41, 5.74) is 1.37. The zero-order valence-corrected chi connectivity index (χ0v) is 16.5. The molecule has 1 heterocycles. The SMILES string of the molecule is CCCCCCn1c(O)c(C#N)c(C)c(N=Nc2ccc(C)c(Cl)c2)c1=O. The lowest BCUT2D eigenvalue weighted by molar-refractivity contribution is 0.397. The Hall–Kier alpha value is -2.65. The minimum Gasteiger partial charge on any atom is -0.493 e. The molecule has 142 valence electrons. The van der Waals surface area contributed by atoms with E-state index in [0.717, 1.165) is 31.2 Å². The van der Waals surface area contributed by atoms with Crippen molar-refractivity contribution in [2.24, 2.45) is 10.2 Å². The number of pyridine rings is 1. The van der Waals surface area contributed by atoms with Gasteiger partial charge in [0.2, 0.25) is 5.88 Å². The molecule has 0 unspecified atom stereocenters. The van der Waals surface area contributed by atoms with Crippen molar-refractivity contribution < 1.29 is 5.11 Å². The van der Waals surface area contributed by atoms with Crippen LogP contribution in [-0.2, 0) is 6.54 Å². The van der Waals surface area contributed by atoms with Gasteiger partial charge in [0.25, 0.3) is 5.56 Å². The lowest BCUT2D eigenvalue weighted by Gasteiger charge is -2.12. The standard InChI is InChI=1S/C20H23ClN4O2/c1-4-5-6-7-10-25-19(26)16(12-22)14(3)18(20(25)27)24-23-15-9-8-13(2)17(21)11-15/h8-9,11,26H,4-7,10H2,1-3H3. The fraction of sp³-hybridized carbons (Fsp3) is 0.400. The van der Waals surface area contributed by atoms with Crippen molar-refractivity contribution in [1.82, 2.24) is 4.57 Å². The number of aryl methyl sites for hydroxylation is 1. The number of hydrogen-bond acceptors (Lipinski definition) is 5. The monoisotopic (exact) mass is 386 g/mol. The Morgan fingerprint density at radius 1 is 1.22 bits per heavy atom. The van der Waals surface area contributed by atoms with Gasteiger partial charge >= 0.3 is 0 Å². The third-order valence-electron chi connectivity index (χ3n) is 4.43. The van der Waals surface area contributed by atoms with Crippen molar-refractivity contribution in [2.45, 2.75) is 53.0 Å². The van der Waals surface area contributed by atoms with Crippen LogP contribution in [0.3, 0.4) is 0 Å². The largest absolute Gasteiger partial charge is 0.493 e. The van der Waals surface area contributed by atoms with Gasteiger partial charge < -0.3 is 5.11 Å². The smallest absolute Gasteiger partial charge is 0.281 e. The minimum absolute atomic E-state index is 0.0426. The molecule has 1 N–H and O–H groups in total. The van der Waals surface area contributed by atoms with Gasteiger partial charge in [-0.1, -0.05) is 43.9 Å². The molecular formula is C20H23ClN4O2. The molecule has 2 aromatic rings. The van der Waals surface area contributed by atoms with Crippen LogP contribution in [0.4, 0.5) is 11.4 Å². The first-order chi connectivity index (χ1) is 12.9. The highest BCUT2D eigenvalue weighted by atomic mass is 35.5. The third-order valence-corrected chi connectivity index (χ3v) is 4.83. The highest BCUT2D eigenvalue weighted by Gasteiger charge is 2.19. The Bertz CT molecular complexity index is 958. The molecule has 0 aliphatic carbocycles. The number of hydrogen-bond donors (Lipinski definition) is 1. The van der Waals surface area contributed by atoms with Gasteiger partial charge in [0.05, 0.1) is 5.69 Å². The van der Waals surface area contributed by atoms with E-state index in [0.29, 0.717) is 22.8 Å². The van der Waals surface area contributed by atoms with E-state index >= 15 is 0 Å². The van der Waals surface area contributed by atoms with Crippen LogP contribution < -0.4 is 5.56 Å². The topological polar surface area (TPSA) is 90.7 Å². The van der Waals surface area contributed by atoms with Gasteiger partial charge in [0, 0.05) is 17.1 Å². The summed E-state index contributed by atoms with van der Waals surface area (Å²) in [4.78, 5) is 12.8. The normalized spacial score (nSPS) is 11.1. The lowest BCUT2D eigenvalue weighted by atomic mass is 10.1. The molecule has 0 saturated carbocycles. The first kappa shape index (κ1) is 20.7. The third kappa shape index (κ3) is 4.75. The number of benzene rings is 1. The van der Waals surface area contributed by atoms with Crippen LogP contribution in [-0.4, -0.2) is 9.67 Å². The van der Waals surface area contributed by atoms with E-state index in [2.05, 4.69) is 17.2 Å². The second kappa shape index (κ2) is 9.33. The number of aromatic hydroxyl groups is 1. The molecule has 6 nitrogen and oxygen atoms in total. The number of aromatic nitrogens is 1. The summed E-state index contributed by atoms with van der Waals surface area (Å²) in [6, 6.07) is 7.17. The number of halogens is 1. The van der Waals surface area contributed by atoms with Crippen molar-refractivity contribution in [3.63, 3.8) is 0 Å². The molecule has 7 heteroatoms. The molecule has 0 amide bonds. The van der Waals surface area contributed by atoms with Crippen molar-refractivity contribution >= 4 is 23.0 Å². The van der Waals surface area contributed by atoms with Gasteiger partial charge in [-0.3, -0.25) is 9.36 Å². The highest BCUT2D eigenvalue weighted by Crippen LogP contribution is 2.28. The second-order valence-electron chi connectivity index (χ2n) is 6.43. The summed E-state index contributed by atoms with van der Waals surface area (Å²) in [7, 11) is 0. The average molecular weight is 387 g/mol. The molecule has 0 saturated heterocycles. The highest BCUT2D eigenvalue weighted by molar-refractivity contribution is 6.31.